The van der Waals surface area contributed by atoms with Gasteiger partial charge in [-0.3, -0.25) is 14.5 Å². The first kappa shape index (κ1) is 21.9. The Morgan fingerprint density at radius 1 is 1.00 bits per heavy atom. The molecule has 0 aliphatic carbocycles. The van der Waals surface area contributed by atoms with Crippen molar-refractivity contribution < 1.29 is 9.59 Å². The predicted octanol–water partition coefficient (Wildman–Crippen LogP) is 4.26. The smallest absolute Gasteiger partial charge is 0.241 e. The number of hydrogen-bond acceptors (Lipinski definition) is 3. The number of anilines is 1. The number of rotatable bonds is 10. The molecular formula is C22H28ClN3O2. The Bertz CT molecular complexity index is 746. The fourth-order valence-electron chi connectivity index (χ4n) is 3.07. The molecule has 2 aromatic carbocycles. The SMILES string of the molecule is CCN(CC)C(C(=O)NCCCC(=O)Nc1ccc(Cl)cc1)c1ccccc1. The summed E-state index contributed by atoms with van der Waals surface area (Å²) in [6.45, 7) is 6.12. The van der Waals surface area contributed by atoms with Gasteiger partial charge < -0.3 is 10.6 Å². The molecule has 2 aromatic rings. The standard InChI is InChI=1S/C22H28ClN3O2/c1-3-26(4-2)21(17-9-6-5-7-10-17)22(28)24-16-8-11-20(27)25-19-14-12-18(23)13-15-19/h5-7,9-10,12-15,21H,3-4,8,11,16H2,1-2H3,(H,24,28)(H,25,27). The van der Waals surface area contributed by atoms with E-state index in [0.717, 1.165) is 18.7 Å². The van der Waals surface area contributed by atoms with E-state index in [1.54, 1.807) is 24.3 Å². The van der Waals surface area contributed by atoms with Gasteiger partial charge in [-0.1, -0.05) is 55.8 Å². The number of halogens is 1. The summed E-state index contributed by atoms with van der Waals surface area (Å²) in [5.74, 6) is -0.118. The van der Waals surface area contributed by atoms with Crippen molar-refractivity contribution in [3.05, 3.63) is 65.2 Å². The number of carbonyl (C=O) groups is 2. The van der Waals surface area contributed by atoms with Gasteiger partial charge >= 0.3 is 0 Å². The first-order chi connectivity index (χ1) is 13.5. The Kier molecular flexibility index (Phi) is 8.98. The Labute approximate surface area is 172 Å². The minimum atomic E-state index is -0.320. The molecule has 0 spiro atoms. The van der Waals surface area contributed by atoms with Crippen molar-refractivity contribution in [3.8, 4) is 0 Å². The van der Waals surface area contributed by atoms with Gasteiger partial charge in [0, 0.05) is 23.7 Å². The molecule has 2 rings (SSSR count). The Hall–Kier alpha value is -2.37. The van der Waals surface area contributed by atoms with Crippen LogP contribution in [0.5, 0.6) is 0 Å². The summed E-state index contributed by atoms with van der Waals surface area (Å²) in [5, 5.41) is 6.43. The molecule has 1 atom stereocenters. The monoisotopic (exact) mass is 401 g/mol. The number of likely N-dealkylation sites (N-methyl/N-ethyl adjacent to an activating group) is 1. The second-order valence-corrected chi connectivity index (χ2v) is 6.92. The molecule has 0 saturated carbocycles. The van der Waals surface area contributed by atoms with Gasteiger partial charge in [0.15, 0.2) is 0 Å². The number of carbonyl (C=O) groups excluding carboxylic acids is 2. The second kappa shape index (κ2) is 11.5. The quantitative estimate of drug-likeness (QED) is 0.585. The maximum atomic E-state index is 12.8. The number of amides is 2. The van der Waals surface area contributed by atoms with Crippen LogP contribution < -0.4 is 10.6 Å². The topological polar surface area (TPSA) is 61.4 Å². The van der Waals surface area contributed by atoms with E-state index in [9.17, 15) is 9.59 Å². The zero-order chi connectivity index (χ0) is 20.4. The molecule has 0 aliphatic heterocycles. The van der Waals surface area contributed by atoms with Crippen LogP contribution in [-0.2, 0) is 9.59 Å². The van der Waals surface area contributed by atoms with Gasteiger partial charge in [0.25, 0.3) is 0 Å². The third kappa shape index (κ3) is 6.66. The summed E-state index contributed by atoms with van der Waals surface area (Å²) >= 11 is 5.84. The van der Waals surface area contributed by atoms with E-state index in [0.29, 0.717) is 30.1 Å². The zero-order valence-electron chi connectivity index (χ0n) is 16.5. The lowest BCUT2D eigenvalue weighted by molar-refractivity contribution is -0.126. The van der Waals surface area contributed by atoms with E-state index >= 15 is 0 Å². The Morgan fingerprint density at radius 2 is 1.64 bits per heavy atom. The van der Waals surface area contributed by atoms with Crippen molar-refractivity contribution in [2.24, 2.45) is 0 Å². The number of nitrogens with zero attached hydrogens (tertiary/aromatic N) is 1. The highest BCUT2D eigenvalue weighted by molar-refractivity contribution is 6.30. The van der Waals surface area contributed by atoms with Crippen LogP contribution >= 0.6 is 11.6 Å². The average molecular weight is 402 g/mol. The average Bonchev–Trinajstić information content (AvgIpc) is 2.71. The lowest BCUT2D eigenvalue weighted by Gasteiger charge is -2.29. The molecule has 2 amide bonds. The second-order valence-electron chi connectivity index (χ2n) is 6.48. The van der Waals surface area contributed by atoms with Gasteiger partial charge in [-0.15, -0.1) is 0 Å². The maximum absolute atomic E-state index is 12.8. The fourth-order valence-corrected chi connectivity index (χ4v) is 3.19. The van der Waals surface area contributed by atoms with Crippen molar-refractivity contribution in [1.29, 1.82) is 0 Å². The highest BCUT2D eigenvalue weighted by Crippen LogP contribution is 2.20. The van der Waals surface area contributed by atoms with E-state index in [1.165, 1.54) is 0 Å². The van der Waals surface area contributed by atoms with Crippen molar-refractivity contribution in [3.63, 3.8) is 0 Å². The summed E-state index contributed by atoms with van der Waals surface area (Å²) in [7, 11) is 0. The van der Waals surface area contributed by atoms with Gasteiger partial charge in [-0.2, -0.15) is 0 Å². The van der Waals surface area contributed by atoms with Crippen molar-refractivity contribution in [1.82, 2.24) is 10.2 Å². The van der Waals surface area contributed by atoms with Crippen molar-refractivity contribution in [2.75, 3.05) is 25.0 Å². The van der Waals surface area contributed by atoms with Crippen molar-refractivity contribution >= 4 is 29.1 Å². The Balaban J connectivity index is 1.83. The first-order valence-corrected chi connectivity index (χ1v) is 10.0. The lowest BCUT2D eigenvalue weighted by Crippen LogP contribution is -2.41. The van der Waals surface area contributed by atoms with E-state index in [2.05, 4.69) is 15.5 Å². The third-order valence-electron chi connectivity index (χ3n) is 4.55. The highest BCUT2D eigenvalue weighted by atomic mass is 35.5. The molecule has 150 valence electrons. The molecule has 0 radical (unpaired) electrons. The molecule has 6 heteroatoms. The van der Waals surface area contributed by atoms with E-state index in [-0.39, 0.29) is 17.9 Å². The van der Waals surface area contributed by atoms with Crippen LogP contribution in [0.2, 0.25) is 5.02 Å². The zero-order valence-corrected chi connectivity index (χ0v) is 17.2. The third-order valence-corrected chi connectivity index (χ3v) is 4.80. The molecule has 5 nitrogen and oxygen atoms in total. The van der Waals surface area contributed by atoms with E-state index in [4.69, 9.17) is 11.6 Å². The molecule has 2 N–H and O–H groups in total. The minimum absolute atomic E-state index is 0.0343. The summed E-state index contributed by atoms with van der Waals surface area (Å²) in [6, 6.07) is 16.4. The normalized spacial score (nSPS) is 11.9. The van der Waals surface area contributed by atoms with Crippen LogP contribution in [-0.4, -0.2) is 36.3 Å². The van der Waals surface area contributed by atoms with Gasteiger partial charge in [-0.25, -0.2) is 0 Å². The van der Waals surface area contributed by atoms with Crippen LogP contribution in [0.25, 0.3) is 0 Å². The summed E-state index contributed by atoms with van der Waals surface area (Å²) < 4.78 is 0. The fraction of sp³-hybridized carbons (Fsp3) is 0.364. The molecule has 0 saturated heterocycles. The maximum Gasteiger partial charge on any atom is 0.241 e. The number of nitrogens with one attached hydrogen (secondary N) is 2. The van der Waals surface area contributed by atoms with E-state index < -0.39 is 0 Å². The van der Waals surface area contributed by atoms with Crippen LogP contribution in [0.15, 0.2) is 54.6 Å². The summed E-state index contributed by atoms with van der Waals surface area (Å²) in [6.07, 6.45) is 0.912. The summed E-state index contributed by atoms with van der Waals surface area (Å²) in [5.41, 5.74) is 1.69. The lowest BCUT2D eigenvalue weighted by atomic mass is 10.0. The molecule has 0 bridgehead atoms. The molecule has 1 unspecified atom stereocenters. The molecule has 0 aliphatic rings. The molecule has 0 aromatic heterocycles. The van der Waals surface area contributed by atoms with Crippen LogP contribution in [0.4, 0.5) is 5.69 Å². The van der Waals surface area contributed by atoms with Gasteiger partial charge in [0.05, 0.1) is 0 Å². The van der Waals surface area contributed by atoms with Crippen molar-refractivity contribution in [2.45, 2.75) is 32.7 Å². The highest BCUT2D eigenvalue weighted by Gasteiger charge is 2.25. The molecule has 0 fully saturated rings. The largest absolute Gasteiger partial charge is 0.354 e. The van der Waals surface area contributed by atoms with Crippen LogP contribution in [0.3, 0.4) is 0 Å². The Morgan fingerprint density at radius 3 is 2.25 bits per heavy atom. The predicted molar refractivity (Wildman–Crippen MR) is 114 cm³/mol. The van der Waals surface area contributed by atoms with E-state index in [1.807, 2.05) is 44.2 Å². The van der Waals surface area contributed by atoms with Gasteiger partial charge in [0.2, 0.25) is 11.8 Å². The molecule has 0 heterocycles. The van der Waals surface area contributed by atoms with Crippen LogP contribution in [0, 0.1) is 0 Å². The number of hydrogen-bond donors (Lipinski definition) is 2. The summed E-state index contributed by atoms with van der Waals surface area (Å²) in [4.78, 5) is 27.0. The molecule has 28 heavy (non-hydrogen) atoms. The molecular weight excluding hydrogens is 374 g/mol. The van der Waals surface area contributed by atoms with Gasteiger partial charge in [-0.05, 0) is 49.3 Å². The first-order valence-electron chi connectivity index (χ1n) is 9.67. The minimum Gasteiger partial charge on any atom is -0.354 e. The van der Waals surface area contributed by atoms with Gasteiger partial charge in [0.1, 0.15) is 6.04 Å². The number of benzene rings is 2. The van der Waals surface area contributed by atoms with Crippen LogP contribution in [0.1, 0.15) is 38.3 Å².